The summed E-state index contributed by atoms with van der Waals surface area (Å²) in [4.78, 5) is 1.83. The molecule has 6 aromatic carbocycles. The Hall–Kier alpha value is -5.53. The zero-order valence-electron chi connectivity index (χ0n) is 22.4. The Morgan fingerprint density at radius 3 is 1.50 bits per heavy atom. The quantitative estimate of drug-likeness (QED) is 0.221. The lowest BCUT2D eigenvalue weighted by molar-refractivity contribution is 0.584. The van der Waals surface area contributed by atoms with Crippen molar-refractivity contribution in [3.63, 3.8) is 0 Å². The van der Waals surface area contributed by atoms with Gasteiger partial charge in [-0.05, 0) is 93.0 Å². The number of fused-ring (bicyclic) bond motifs is 10. The van der Waals surface area contributed by atoms with Gasteiger partial charge in [-0.25, -0.2) is 8.78 Å². The van der Waals surface area contributed by atoms with E-state index in [9.17, 15) is 14.0 Å². The molecule has 1 spiro atoms. The second-order valence-corrected chi connectivity index (χ2v) is 10.7. The first kappa shape index (κ1) is 24.3. The van der Waals surface area contributed by atoms with Crippen molar-refractivity contribution in [2.24, 2.45) is 0 Å². The molecule has 198 valence electrons. The molecule has 0 N–H and O–H groups in total. The summed E-state index contributed by atoms with van der Waals surface area (Å²) in [6.45, 7) is 0. The molecular formula is C38H22F2N2. The highest BCUT2D eigenvalue weighted by Gasteiger charge is 2.51. The van der Waals surface area contributed by atoms with Crippen LogP contribution in [0, 0.1) is 23.0 Å². The molecule has 0 unspecified atom stereocenters. The summed E-state index contributed by atoms with van der Waals surface area (Å²) >= 11 is 0. The maximum atomic E-state index is 14.5. The van der Waals surface area contributed by atoms with Crippen molar-refractivity contribution in [3.8, 4) is 28.3 Å². The van der Waals surface area contributed by atoms with Crippen LogP contribution in [0.4, 0.5) is 25.8 Å². The number of rotatable bonds is 3. The smallest absolute Gasteiger partial charge is 0.128 e. The van der Waals surface area contributed by atoms with Crippen molar-refractivity contribution in [3.05, 3.63) is 173 Å². The summed E-state index contributed by atoms with van der Waals surface area (Å²) in [6, 6.07) is 44.8. The van der Waals surface area contributed by atoms with E-state index in [1.165, 1.54) is 45.5 Å². The molecule has 0 saturated heterocycles. The molecule has 2 nitrogen and oxygen atoms in total. The van der Waals surface area contributed by atoms with Crippen molar-refractivity contribution in [2.45, 2.75) is 5.41 Å². The van der Waals surface area contributed by atoms with Crippen LogP contribution in [0.15, 0.2) is 133 Å². The van der Waals surface area contributed by atoms with E-state index in [4.69, 9.17) is 0 Å². The van der Waals surface area contributed by atoms with Crippen molar-refractivity contribution in [1.29, 1.82) is 5.26 Å². The second-order valence-electron chi connectivity index (χ2n) is 10.7. The fourth-order valence-electron chi connectivity index (χ4n) is 7.03. The Morgan fingerprint density at radius 1 is 0.476 bits per heavy atom. The zero-order valence-corrected chi connectivity index (χ0v) is 22.4. The molecule has 0 aliphatic heterocycles. The molecule has 8 rings (SSSR count). The van der Waals surface area contributed by atoms with Gasteiger partial charge in [0.25, 0.3) is 0 Å². The van der Waals surface area contributed by atoms with Gasteiger partial charge >= 0.3 is 0 Å². The number of halogens is 2. The minimum Gasteiger partial charge on any atom is -0.310 e. The van der Waals surface area contributed by atoms with Gasteiger partial charge in [-0.3, -0.25) is 0 Å². The van der Waals surface area contributed by atoms with Crippen LogP contribution in [0.3, 0.4) is 0 Å². The molecule has 0 atom stereocenters. The van der Waals surface area contributed by atoms with Gasteiger partial charge in [0.1, 0.15) is 11.6 Å². The van der Waals surface area contributed by atoms with Gasteiger partial charge in [0.05, 0.1) is 22.7 Å². The third-order valence-corrected chi connectivity index (χ3v) is 8.60. The summed E-state index contributed by atoms with van der Waals surface area (Å²) in [5.41, 5.74) is 11.4. The Balaban J connectivity index is 1.40. The third kappa shape index (κ3) is 3.28. The van der Waals surface area contributed by atoms with E-state index in [0.717, 1.165) is 22.9 Å². The Morgan fingerprint density at radius 2 is 0.952 bits per heavy atom. The van der Waals surface area contributed by atoms with Crippen LogP contribution in [0.5, 0.6) is 0 Å². The molecule has 0 amide bonds. The van der Waals surface area contributed by atoms with Gasteiger partial charge in [0, 0.05) is 17.4 Å². The van der Waals surface area contributed by atoms with Crippen molar-refractivity contribution in [2.75, 3.05) is 4.90 Å². The molecule has 0 bridgehead atoms. The largest absolute Gasteiger partial charge is 0.310 e. The van der Waals surface area contributed by atoms with E-state index in [2.05, 4.69) is 91.0 Å². The molecule has 42 heavy (non-hydrogen) atoms. The molecule has 6 aromatic rings. The van der Waals surface area contributed by atoms with Crippen molar-refractivity contribution >= 4 is 17.1 Å². The summed E-state index contributed by atoms with van der Waals surface area (Å²) in [5.74, 6) is -1.32. The SMILES string of the molecule is N#Cc1ccc(N(c2cc(F)cc(F)c2)c2ccc3c(c2)-c2ccccc2C32c3ccccc3-c3ccccc32)cc1. The Bertz CT molecular complexity index is 2020. The highest BCUT2D eigenvalue weighted by atomic mass is 19.1. The minimum absolute atomic E-state index is 0.356. The molecule has 0 radical (unpaired) electrons. The molecule has 4 heteroatoms. The lowest BCUT2D eigenvalue weighted by Crippen LogP contribution is -2.25. The average molecular weight is 545 g/mol. The van der Waals surface area contributed by atoms with Crippen molar-refractivity contribution < 1.29 is 8.78 Å². The van der Waals surface area contributed by atoms with E-state index in [-0.39, 0.29) is 0 Å². The van der Waals surface area contributed by atoms with Crippen LogP contribution in [-0.2, 0) is 5.41 Å². The molecule has 2 aliphatic rings. The maximum absolute atomic E-state index is 14.5. The standard InChI is InChI=1S/C38H22F2N2/c39-25-19-26(40)21-29(20-25)42(27-15-13-24(23-41)14-16-27)28-17-18-37-33(22-28)32-9-3-6-12-36(32)38(37)34-10-4-1-7-30(34)31-8-2-5-11-35(31)38/h1-22H. The number of nitrogens with zero attached hydrogens (tertiary/aromatic N) is 2. The van der Waals surface area contributed by atoms with Crippen LogP contribution in [0.25, 0.3) is 22.3 Å². The lowest BCUT2D eigenvalue weighted by atomic mass is 9.70. The van der Waals surface area contributed by atoms with Crippen LogP contribution in [-0.4, -0.2) is 0 Å². The first-order chi connectivity index (χ1) is 20.6. The van der Waals surface area contributed by atoms with Crippen LogP contribution >= 0.6 is 0 Å². The Kier molecular flexibility index (Phi) is 5.20. The number of anilines is 3. The van der Waals surface area contributed by atoms with E-state index < -0.39 is 17.0 Å². The van der Waals surface area contributed by atoms with Gasteiger partial charge in [0.2, 0.25) is 0 Å². The molecule has 0 heterocycles. The highest BCUT2D eigenvalue weighted by Crippen LogP contribution is 2.63. The summed E-state index contributed by atoms with van der Waals surface area (Å²) < 4.78 is 29.1. The molecular weight excluding hydrogens is 522 g/mol. The zero-order chi connectivity index (χ0) is 28.4. The highest BCUT2D eigenvalue weighted by molar-refractivity contribution is 5.96. The topological polar surface area (TPSA) is 27.0 Å². The van der Waals surface area contributed by atoms with Crippen LogP contribution in [0.1, 0.15) is 27.8 Å². The summed E-state index contributed by atoms with van der Waals surface area (Å²) in [6.07, 6.45) is 0. The third-order valence-electron chi connectivity index (χ3n) is 8.60. The first-order valence-electron chi connectivity index (χ1n) is 13.8. The van der Waals surface area contributed by atoms with Gasteiger partial charge < -0.3 is 4.90 Å². The van der Waals surface area contributed by atoms with E-state index >= 15 is 0 Å². The van der Waals surface area contributed by atoms with E-state index in [0.29, 0.717) is 16.9 Å². The van der Waals surface area contributed by atoms with Gasteiger partial charge in [-0.15, -0.1) is 0 Å². The molecule has 0 aromatic heterocycles. The number of hydrogen-bond donors (Lipinski definition) is 0. The fourth-order valence-corrected chi connectivity index (χ4v) is 7.03. The van der Waals surface area contributed by atoms with Gasteiger partial charge in [-0.2, -0.15) is 5.26 Å². The lowest BCUT2D eigenvalue weighted by Gasteiger charge is -2.31. The summed E-state index contributed by atoms with van der Waals surface area (Å²) in [5, 5.41) is 9.35. The monoisotopic (exact) mass is 544 g/mol. The number of hydrogen-bond acceptors (Lipinski definition) is 2. The van der Waals surface area contributed by atoms with E-state index in [1.54, 1.807) is 24.3 Å². The number of benzene rings is 6. The van der Waals surface area contributed by atoms with Gasteiger partial charge in [-0.1, -0.05) is 78.9 Å². The molecule has 0 fully saturated rings. The van der Waals surface area contributed by atoms with Crippen LogP contribution < -0.4 is 4.90 Å². The van der Waals surface area contributed by atoms with Crippen LogP contribution in [0.2, 0.25) is 0 Å². The van der Waals surface area contributed by atoms with E-state index in [1.807, 2.05) is 11.0 Å². The first-order valence-corrected chi connectivity index (χ1v) is 13.8. The number of nitriles is 1. The molecule has 0 saturated carbocycles. The minimum atomic E-state index is -0.659. The Labute approximate surface area is 242 Å². The normalized spacial score (nSPS) is 13.2. The predicted octanol–water partition coefficient (Wildman–Crippen LogP) is 9.65. The van der Waals surface area contributed by atoms with Crippen molar-refractivity contribution in [1.82, 2.24) is 0 Å². The fraction of sp³-hybridized carbons (Fsp3) is 0.0263. The average Bonchev–Trinajstić information content (AvgIpc) is 3.48. The predicted molar refractivity (Wildman–Crippen MR) is 162 cm³/mol. The van der Waals surface area contributed by atoms with Gasteiger partial charge in [0.15, 0.2) is 0 Å². The molecule has 2 aliphatic carbocycles. The second kappa shape index (κ2) is 8.99. The maximum Gasteiger partial charge on any atom is 0.128 e. The summed E-state index contributed by atoms with van der Waals surface area (Å²) in [7, 11) is 0.